The minimum atomic E-state index is -1.79. The van der Waals surface area contributed by atoms with E-state index in [1.54, 1.807) is 48.5 Å². The molecule has 10 atom stereocenters. The van der Waals surface area contributed by atoms with Crippen LogP contribution in [0.1, 0.15) is 65.2 Å². The largest absolute Gasteiger partial charge is 0.491 e. The molecule has 0 radical (unpaired) electrons. The van der Waals surface area contributed by atoms with Crippen LogP contribution in [0.3, 0.4) is 0 Å². The first-order valence-corrected chi connectivity index (χ1v) is 19.1. The van der Waals surface area contributed by atoms with Gasteiger partial charge in [0.05, 0.1) is 0 Å². The Morgan fingerprint density at radius 2 is 0.927 bits per heavy atom. The predicted molar refractivity (Wildman–Crippen MR) is 201 cm³/mol. The Balaban J connectivity index is 1.26. The number of amides is 4. The van der Waals surface area contributed by atoms with Crippen molar-refractivity contribution in [3.63, 3.8) is 0 Å². The van der Waals surface area contributed by atoms with Gasteiger partial charge in [-0.2, -0.15) is 0 Å². The molecule has 2 aromatic rings. The summed E-state index contributed by atoms with van der Waals surface area (Å²) in [4.78, 5) is 24.3. The molecular formula is C38H58N4O13. The molecule has 0 spiro atoms. The van der Waals surface area contributed by atoms with Gasteiger partial charge in [0.2, 0.25) is 0 Å². The fourth-order valence-corrected chi connectivity index (χ4v) is 5.95. The number of nitrogens with one attached hydrogen (secondary N) is 4. The summed E-state index contributed by atoms with van der Waals surface area (Å²) in [6.45, 7) is 4.79. The highest BCUT2D eigenvalue weighted by Gasteiger charge is 2.50. The molecule has 308 valence electrons. The average Bonchev–Trinajstić information content (AvgIpc) is 3.18. The SMILES string of the molecule is CCCCCCNC(=O)Nc1ccc(OC[C@H]2O[C@H](O[C@H]3O[C@H](COc4ccc(NC(=O)NCCCCCC)cc4)[C@@H](O)[C@H](O)[C@H]3O)[C@H](O)[C@@H](O)[C@@H]2O)cc1. The number of carbonyl (C=O) groups excluding carboxylic acids is 2. The highest BCUT2D eigenvalue weighted by atomic mass is 16.8. The van der Waals surface area contributed by atoms with Gasteiger partial charge in [0.1, 0.15) is 73.5 Å². The summed E-state index contributed by atoms with van der Waals surface area (Å²) in [6.07, 6.45) is -7.67. The molecule has 2 aromatic carbocycles. The second-order valence-electron chi connectivity index (χ2n) is 13.7. The van der Waals surface area contributed by atoms with Crippen molar-refractivity contribution in [1.82, 2.24) is 10.6 Å². The molecule has 0 bridgehead atoms. The standard InChI is InChI=1S/C38H58N4O13/c1-3-5-7-9-19-39-37(49)41-23-11-15-25(16-12-23)51-21-27-29(43)31(45)33(47)35(53-27)55-36-34(48)32(46)30(44)28(54-36)22-52-26-17-13-24(14-18-26)42-38(50)40-20-10-8-6-4-2/h11-18,27-36,43-48H,3-10,19-22H2,1-2H3,(H2,39,41,49)(H2,40,42,50)/t27-,28-,29-,30-,31+,32+,33-,34-,35-,36-/m1/s1. The Bertz CT molecular complexity index is 1320. The molecule has 2 fully saturated rings. The van der Waals surface area contributed by atoms with Crippen LogP contribution in [0.15, 0.2) is 48.5 Å². The molecule has 10 N–H and O–H groups in total. The Morgan fingerprint density at radius 1 is 0.545 bits per heavy atom. The number of rotatable bonds is 20. The maximum Gasteiger partial charge on any atom is 0.319 e. The van der Waals surface area contributed by atoms with Gasteiger partial charge in [-0.1, -0.05) is 52.4 Å². The number of hydrogen-bond acceptors (Lipinski definition) is 13. The van der Waals surface area contributed by atoms with Crippen LogP contribution in [0.2, 0.25) is 0 Å². The van der Waals surface area contributed by atoms with Gasteiger partial charge in [-0.15, -0.1) is 0 Å². The molecule has 55 heavy (non-hydrogen) atoms. The van der Waals surface area contributed by atoms with Gasteiger partial charge < -0.3 is 75.6 Å². The zero-order chi connectivity index (χ0) is 39.7. The Kier molecular flexibility index (Phi) is 18.1. The number of unbranched alkanes of at least 4 members (excludes halogenated alkanes) is 6. The number of benzene rings is 2. The quantitative estimate of drug-likeness (QED) is 0.0868. The molecule has 0 saturated carbocycles. The van der Waals surface area contributed by atoms with Gasteiger partial charge in [0.15, 0.2) is 12.6 Å². The fourth-order valence-electron chi connectivity index (χ4n) is 5.95. The summed E-state index contributed by atoms with van der Waals surface area (Å²) < 4.78 is 28.6. The summed E-state index contributed by atoms with van der Waals surface area (Å²) >= 11 is 0. The van der Waals surface area contributed by atoms with Crippen LogP contribution >= 0.6 is 0 Å². The number of anilines is 2. The molecule has 4 amide bonds. The lowest BCUT2D eigenvalue weighted by Crippen LogP contribution is -2.64. The van der Waals surface area contributed by atoms with E-state index in [1.807, 2.05) is 0 Å². The van der Waals surface area contributed by atoms with Gasteiger partial charge in [-0.25, -0.2) is 9.59 Å². The van der Waals surface area contributed by atoms with Crippen molar-refractivity contribution < 1.29 is 63.9 Å². The fraction of sp³-hybridized carbons (Fsp3) is 0.632. The van der Waals surface area contributed by atoms with E-state index in [0.29, 0.717) is 36.0 Å². The minimum absolute atomic E-state index is 0.292. The molecule has 17 heteroatoms. The van der Waals surface area contributed by atoms with E-state index in [2.05, 4.69) is 35.1 Å². The molecule has 17 nitrogen and oxygen atoms in total. The normalized spacial score (nSPS) is 27.9. The van der Waals surface area contributed by atoms with Gasteiger partial charge in [-0.3, -0.25) is 0 Å². The number of ether oxygens (including phenoxy) is 5. The third-order valence-electron chi connectivity index (χ3n) is 9.29. The molecule has 0 unspecified atom stereocenters. The molecule has 4 rings (SSSR count). The lowest BCUT2D eigenvalue weighted by Gasteiger charge is -2.44. The summed E-state index contributed by atoms with van der Waals surface area (Å²) in [5.74, 6) is 0.713. The van der Waals surface area contributed by atoms with Crippen LogP contribution in [-0.4, -0.2) is 130 Å². The van der Waals surface area contributed by atoms with E-state index in [-0.39, 0.29) is 25.3 Å². The highest BCUT2D eigenvalue weighted by Crippen LogP contribution is 2.29. The molecule has 2 aliphatic heterocycles. The first-order chi connectivity index (χ1) is 26.5. The van der Waals surface area contributed by atoms with Gasteiger partial charge >= 0.3 is 12.1 Å². The number of hydrogen-bond donors (Lipinski definition) is 10. The Labute approximate surface area is 321 Å². The van der Waals surface area contributed by atoms with Crippen molar-refractivity contribution in [3.8, 4) is 11.5 Å². The van der Waals surface area contributed by atoms with Gasteiger partial charge in [0.25, 0.3) is 0 Å². The van der Waals surface area contributed by atoms with Gasteiger partial charge in [0, 0.05) is 24.5 Å². The lowest BCUT2D eigenvalue weighted by atomic mass is 9.98. The van der Waals surface area contributed by atoms with Crippen LogP contribution in [0.25, 0.3) is 0 Å². The van der Waals surface area contributed by atoms with Crippen LogP contribution in [-0.2, 0) is 14.2 Å². The van der Waals surface area contributed by atoms with E-state index < -0.39 is 61.4 Å². The smallest absolute Gasteiger partial charge is 0.319 e. The topological polar surface area (TPSA) is 250 Å². The van der Waals surface area contributed by atoms with Crippen LogP contribution in [0, 0.1) is 0 Å². The minimum Gasteiger partial charge on any atom is -0.491 e. The zero-order valence-corrected chi connectivity index (χ0v) is 31.4. The van der Waals surface area contributed by atoms with Crippen molar-refractivity contribution >= 4 is 23.4 Å². The number of aliphatic hydroxyl groups is 6. The molecule has 2 saturated heterocycles. The van der Waals surface area contributed by atoms with E-state index in [4.69, 9.17) is 23.7 Å². The molecule has 2 heterocycles. The Hall–Kier alpha value is -3.78. The predicted octanol–water partition coefficient (Wildman–Crippen LogP) is 2.18. The summed E-state index contributed by atoms with van der Waals surface area (Å²) in [5.41, 5.74) is 1.06. The number of urea groups is 2. The summed E-state index contributed by atoms with van der Waals surface area (Å²) in [5, 5.41) is 74.8. The van der Waals surface area contributed by atoms with Crippen molar-refractivity contribution in [2.24, 2.45) is 0 Å². The molecule has 2 aliphatic rings. The van der Waals surface area contributed by atoms with E-state index >= 15 is 0 Å². The molecule has 0 aromatic heterocycles. The third kappa shape index (κ3) is 13.7. The maximum absolute atomic E-state index is 12.1. The van der Waals surface area contributed by atoms with E-state index in [1.165, 1.54) is 0 Å². The van der Waals surface area contributed by atoms with Crippen LogP contribution in [0.4, 0.5) is 21.0 Å². The van der Waals surface area contributed by atoms with Crippen molar-refractivity contribution in [2.75, 3.05) is 36.9 Å². The van der Waals surface area contributed by atoms with Gasteiger partial charge in [-0.05, 0) is 61.4 Å². The monoisotopic (exact) mass is 778 g/mol. The summed E-state index contributed by atoms with van der Waals surface area (Å²) in [6, 6.07) is 12.2. The maximum atomic E-state index is 12.1. The molecule has 0 aliphatic carbocycles. The lowest BCUT2D eigenvalue weighted by molar-refractivity contribution is -0.375. The third-order valence-corrected chi connectivity index (χ3v) is 9.29. The second kappa shape index (κ2) is 22.7. The highest BCUT2D eigenvalue weighted by molar-refractivity contribution is 5.89. The first kappa shape index (κ1) is 43.9. The summed E-state index contributed by atoms with van der Waals surface area (Å²) in [7, 11) is 0. The molecular weight excluding hydrogens is 720 g/mol. The number of carbonyl (C=O) groups is 2. The van der Waals surface area contributed by atoms with E-state index in [9.17, 15) is 40.2 Å². The second-order valence-corrected chi connectivity index (χ2v) is 13.7. The Morgan fingerprint density at radius 3 is 1.29 bits per heavy atom. The van der Waals surface area contributed by atoms with Crippen LogP contribution < -0.4 is 30.7 Å². The van der Waals surface area contributed by atoms with Crippen molar-refractivity contribution in [2.45, 2.75) is 127 Å². The van der Waals surface area contributed by atoms with Crippen molar-refractivity contribution in [3.05, 3.63) is 48.5 Å². The number of aliphatic hydroxyl groups excluding tert-OH is 6. The average molecular weight is 779 g/mol. The van der Waals surface area contributed by atoms with Crippen LogP contribution in [0.5, 0.6) is 11.5 Å². The van der Waals surface area contributed by atoms with E-state index in [0.717, 1.165) is 51.4 Å². The zero-order valence-electron chi connectivity index (χ0n) is 31.4. The van der Waals surface area contributed by atoms with Crippen molar-refractivity contribution in [1.29, 1.82) is 0 Å². The first-order valence-electron chi connectivity index (χ1n) is 19.1.